The Kier molecular flexibility index (Phi) is 7.17. The number of aromatic nitrogens is 4. The second-order valence-electron chi connectivity index (χ2n) is 8.68. The Morgan fingerprint density at radius 2 is 1.81 bits per heavy atom. The van der Waals surface area contributed by atoms with Gasteiger partial charge in [-0.3, -0.25) is 0 Å². The fourth-order valence-electron chi connectivity index (χ4n) is 3.11. The average Bonchev–Trinajstić information content (AvgIpc) is 3.02. The van der Waals surface area contributed by atoms with Gasteiger partial charge in [-0.05, 0) is 45.2 Å². The van der Waals surface area contributed by atoms with Crippen molar-refractivity contribution in [2.45, 2.75) is 66.2 Å². The fraction of sp³-hybridized carbons (Fsp3) is 0.478. The van der Waals surface area contributed by atoms with E-state index in [1.165, 1.54) is 0 Å². The monoisotopic (exact) mass is 440 g/mol. The van der Waals surface area contributed by atoms with E-state index >= 15 is 0 Å². The predicted molar refractivity (Wildman–Crippen MR) is 123 cm³/mol. The smallest absolute Gasteiger partial charge is 0.407 e. The van der Waals surface area contributed by atoms with Gasteiger partial charge in [-0.1, -0.05) is 37.6 Å². The minimum atomic E-state index is -0.521. The van der Waals surface area contributed by atoms with Crippen LogP contribution in [0.2, 0.25) is 0 Å². The van der Waals surface area contributed by atoms with Crippen LogP contribution in [0.3, 0.4) is 0 Å². The van der Waals surface area contributed by atoms with E-state index in [1.807, 2.05) is 56.5 Å². The van der Waals surface area contributed by atoms with Crippen LogP contribution < -0.4 is 15.8 Å². The van der Waals surface area contributed by atoms with E-state index in [0.717, 1.165) is 29.8 Å². The Labute approximate surface area is 188 Å². The molecular formula is C23H32N6O3. The molecule has 0 aliphatic heterocycles. The van der Waals surface area contributed by atoms with Crippen molar-refractivity contribution in [3.05, 3.63) is 41.2 Å². The lowest BCUT2D eigenvalue weighted by Gasteiger charge is -2.19. The normalized spacial score (nSPS) is 11.5. The summed E-state index contributed by atoms with van der Waals surface area (Å²) in [5.74, 6) is 1.11. The molecule has 0 radical (unpaired) electrons. The molecule has 9 heteroatoms. The Morgan fingerprint density at radius 1 is 1.12 bits per heavy atom. The molecule has 0 atom stereocenters. The standard InChI is InChI=1S/C23H32N6O3/c1-6-7-12-31-21-27-19(24)18-20(28-21)29(15(2)26-18)14-17-10-8-16(9-11-17)13-25-22(30)32-23(3,4)5/h8-11H,6-7,12-14H2,1-5H3,(H,25,30)(H2,24,27,28). The highest BCUT2D eigenvalue weighted by atomic mass is 16.6. The van der Waals surface area contributed by atoms with Crippen molar-refractivity contribution in [2.75, 3.05) is 12.3 Å². The predicted octanol–water partition coefficient (Wildman–Crippen LogP) is 3.97. The van der Waals surface area contributed by atoms with Crippen LogP contribution in [0.15, 0.2) is 24.3 Å². The molecule has 3 N–H and O–H groups in total. The summed E-state index contributed by atoms with van der Waals surface area (Å²) in [6.45, 7) is 11.0. The number of nitrogens with two attached hydrogens (primary N) is 1. The second-order valence-corrected chi connectivity index (χ2v) is 8.68. The molecule has 1 amide bonds. The highest BCUT2D eigenvalue weighted by Crippen LogP contribution is 2.23. The van der Waals surface area contributed by atoms with Gasteiger partial charge in [-0.25, -0.2) is 9.78 Å². The number of carbonyl (C=O) groups is 1. The van der Waals surface area contributed by atoms with Crippen LogP contribution in [0.1, 0.15) is 57.5 Å². The summed E-state index contributed by atoms with van der Waals surface area (Å²) < 4.78 is 12.9. The van der Waals surface area contributed by atoms with Gasteiger partial charge in [0.15, 0.2) is 17.0 Å². The highest BCUT2D eigenvalue weighted by molar-refractivity contribution is 5.82. The average molecular weight is 441 g/mol. The van der Waals surface area contributed by atoms with Crippen molar-refractivity contribution in [1.82, 2.24) is 24.8 Å². The minimum absolute atomic E-state index is 0.271. The molecule has 2 aromatic heterocycles. The molecule has 1 aromatic carbocycles. The summed E-state index contributed by atoms with van der Waals surface area (Å²) >= 11 is 0. The number of benzene rings is 1. The summed E-state index contributed by atoms with van der Waals surface area (Å²) in [6, 6.07) is 8.25. The van der Waals surface area contributed by atoms with Crippen molar-refractivity contribution in [2.24, 2.45) is 0 Å². The van der Waals surface area contributed by atoms with Gasteiger partial charge in [0.1, 0.15) is 11.4 Å². The number of aryl methyl sites for hydroxylation is 1. The number of nitrogen functional groups attached to an aromatic ring is 1. The number of rotatable bonds is 8. The molecule has 0 aliphatic carbocycles. The Morgan fingerprint density at radius 3 is 2.47 bits per heavy atom. The van der Waals surface area contributed by atoms with Gasteiger partial charge in [0.2, 0.25) is 0 Å². The quantitative estimate of drug-likeness (QED) is 0.509. The molecule has 0 spiro atoms. The first kappa shape index (κ1) is 23.3. The number of ether oxygens (including phenoxy) is 2. The van der Waals surface area contributed by atoms with Gasteiger partial charge >= 0.3 is 12.1 Å². The molecule has 172 valence electrons. The lowest BCUT2D eigenvalue weighted by atomic mass is 10.1. The molecule has 0 saturated heterocycles. The van der Waals surface area contributed by atoms with Crippen molar-refractivity contribution in [3.8, 4) is 6.01 Å². The molecule has 0 bridgehead atoms. The summed E-state index contributed by atoms with van der Waals surface area (Å²) in [5.41, 5.74) is 8.85. The number of imidazole rings is 1. The molecule has 0 fully saturated rings. The van der Waals surface area contributed by atoms with Gasteiger partial charge in [0, 0.05) is 6.54 Å². The van der Waals surface area contributed by atoms with E-state index in [4.69, 9.17) is 15.2 Å². The van der Waals surface area contributed by atoms with Crippen LogP contribution in [0, 0.1) is 6.92 Å². The largest absolute Gasteiger partial charge is 0.463 e. The maximum absolute atomic E-state index is 11.8. The maximum Gasteiger partial charge on any atom is 0.407 e. The molecule has 0 saturated carbocycles. The zero-order chi connectivity index (χ0) is 23.3. The summed E-state index contributed by atoms with van der Waals surface area (Å²) in [6.07, 6.45) is 1.52. The van der Waals surface area contributed by atoms with Gasteiger partial charge in [0.05, 0.1) is 13.2 Å². The van der Waals surface area contributed by atoms with Crippen molar-refractivity contribution in [3.63, 3.8) is 0 Å². The number of hydrogen-bond acceptors (Lipinski definition) is 7. The number of nitrogens with zero attached hydrogens (tertiary/aromatic N) is 4. The van der Waals surface area contributed by atoms with E-state index in [0.29, 0.717) is 36.7 Å². The summed E-state index contributed by atoms with van der Waals surface area (Å²) in [7, 11) is 0. The van der Waals surface area contributed by atoms with Gasteiger partial charge in [0.25, 0.3) is 0 Å². The second kappa shape index (κ2) is 9.84. The first-order chi connectivity index (χ1) is 15.2. The molecule has 3 aromatic rings. The molecular weight excluding hydrogens is 408 g/mol. The zero-order valence-corrected chi connectivity index (χ0v) is 19.4. The number of amides is 1. The van der Waals surface area contributed by atoms with Crippen LogP contribution in [0.25, 0.3) is 11.2 Å². The van der Waals surface area contributed by atoms with E-state index < -0.39 is 11.7 Å². The first-order valence-corrected chi connectivity index (χ1v) is 10.8. The molecule has 0 aliphatic rings. The minimum Gasteiger partial charge on any atom is -0.463 e. The Balaban J connectivity index is 1.71. The van der Waals surface area contributed by atoms with E-state index in [2.05, 4.69) is 27.2 Å². The summed E-state index contributed by atoms with van der Waals surface area (Å²) in [5, 5.41) is 2.77. The number of alkyl carbamates (subject to hydrolysis) is 1. The van der Waals surface area contributed by atoms with E-state index in [1.54, 1.807) is 0 Å². The van der Waals surface area contributed by atoms with E-state index in [-0.39, 0.29) is 6.01 Å². The van der Waals surface area contributed by atoms with Gasteiger partial charge in [-0.15, -0.1) is 0 Å². The van der Waals surface area contributed by atoms with Crippen molar-refractivity contribution in [1.29, 1.82) is 0 Å². The number of nitrogens with one attached hydrogen (secondary N) is 1. The molecule has 32 heavy (non-hydrogen) atoms. The maximum atomic E-state index is 11.8. The van der Waals surface area contributed by atoms with Crippen LogP contribution in [0.5, 0.6) is 6.01 Å². The number of anilines is 1. The first-order valence-electron chi connectivity index (χ1n) is 10.8. The number of unbranched alkanes of at least 4 members (excludes halogenated alkanes) is 1. The zero-order valence-electron chi connectivity index (χ0n) is 19.4. The van der Waals surface area contributed by atoms with Crippen LogP contribution in [-0.2, 0) is 17.8 Å². The van der Waals surface area contributed by atoms with Crippen molar-refractivity contribution >= 4 is 23.1 Å². The topological polar surface area (TPSA) is 117 Å². The fourth-order valence-corrected chi connectivity index (χ4v) is 3.11. The number of carbonyl (C=O) groups excluding carboxylic acids is 1. The van der Waals surface area contributed by atoms with Crippen LogP contribution in [0.4, 0.5) is 10.6 Å². The van der Waals surface area contributed by atoms with Crippen molar-refractivity contribution < 1.29 is 14.3 Å². The third-order valence-electron chi connectivity index (χ3n) is 4.72. The van der Waals surface area contributed by atoms with Gasteiger partial charge in [-0.2, -0.15) is 9.97 Å². The number of hydrogen-bond donors (Lipinski definition) is 2. The number of fused-ring (bicyclic) bond motifs is 1. The molecule has 3 rings (SSSR count). The SMILES string of the molecule is CCCCOc1nc(N)c2nc(C)n(Cc3ccc(CNC(=O)OC(C)(C)C)cc3)c2n1. The lowest BCUT2D eigenvalue weighted by Crippen LogP contribution is -2.32. The van der Waals surface area contributed by atoms with Crippen LogP contribution >= 0.6 is 0 Å². The van der Waals surface area contributed by atoms with Gasteiger partial charge < -0.3 is 25.1 Å². The summed E-state index contributed by atoms with van der Waals surface area (Å²) in [4.78, 5) is 25.1. The molecule has 0 unspecified atom stereocenters. The molecule has 9 nitrogen and oxygen atoms in total. The Hall–Kier alpha value is -3.36. The Bertz CT molecular complexity index is 1070. The third kappa shape index (κ3) is 6.09. The third-order valence-corrected chi connectivity index (χ3v) is 4.72. The lowest BCUT2D eigenvalue weighted by molar-refractivity contribution is 0.0523. The van der Waals surface area contributed by atoms with E-state index in [9.17, 15) is 4.79 Å². The molecule has 2 heterocycles. The highest BCUT2D eigenvalue weighted by Gasteiger charge is 2.17. The van der Waals surface area contributed by atoms with Crippen LogP contribution in [-0.4, -0.2) is 37.8 Å².